The Morgan fingerprint density at radius 2 is 2.00 bits per heavy atom. The summed E-state index contributed by atoms with van der Waals surface area (Å²) in [5.41, 5.74) is 2.94. The van der Waals surface area contributed by atoms with Crippen LogP contribution in [0.1, 0.15) is 29.6 Å². The fourth-order valence-corrected chi connectivity index (χ4v) is 4.07. The minimum Gasteiger partial charge on any atom is -0.350 e. The first-order chi connectivity index (χ1) is 14.8. The average molecular weight is 422 g/mol. The predicted octanol–water partition coefficient (Wildman–Crippen LogP) is 4.32. The van der Waals surface area contributed by atoms with E-state index in [1.165, 1.54) is 6.20 Å². The molecular weight excluding hydrogens is 402 g/mol. The van der Waals surface area contributed by atoms with Crippen LogP contribution in [-0.2, 0) is 11.8 Å². The van der Waals surface area contributed by atoms with Crippen LogP contribution < -0.4 is 0 Å². The number of Topliss-reactive ketones (excluding diaryl/α,β-unsaturated/α-hetero) is 1. The van der Waals surface area contributed by atoms with Gasteiger partial charge in [0.05, 0.1) is 6.54 Å². The van der Waals surface area contributed by atoms with Crippen LogP contribution in [0.3, 0.4) is 0 Å². The molecule has 0 radical (unpaired) electrons. The van der Waals surface area contributed by atoms with E-state index in [0.717, 1.165) is 21.4 Å². The molecular formula is C23H20F2N4O2. The lowest BCUT2D eigenvalue weighted by molar-refractivity contribution is -0.132. The van der Waals surface area contributed by atoms with Gasteiger partial charge in [-0.25, -0.2) is 15.4 Å². The first-order valence-electron chi connectivity index (χ1n) is 9.86. The molecule has 2 aromatic heterocycles. The number of hydrogen-bond acceptors (Lipinski definition) is 3. The lowest BCUT2D eigenvalue weighted by Crippen LogP contribution is -2.35. The third-order valence-corrected chi connectivity index (χ3v) is 5.59. The summed E-state index contributed by atoms with van der Waals surface area (Å²) in [5.74, 6) is -3.95. The molecule has 0 spiro atoms. The highest BCUT2D eigenvalue weighted by Crippen LogP contribution is 2.34. The van der Waals surface area contributed by atoms with Crippen LogP contribution in [0.25, 0.3) is 26.9 Å². The molecule has 1 fully saturated rings. The Morgan fingerprint density at radius 1 is 1.23 bits per heavy atom. The Labute approximate surface area is 177 Å². The Bertz CT molecular complexity index is 1210. The quantitative estimate of drug-likeness (QED) is 0.455. The number of hydrogen-bond donors (Lipinski definition) is 0. The molecule has 6 nitrogen and oxygen atoms in total. The number of nitrogens with zero attached hydrogens (tertiary/aromatic N) is 4. The molecule has 1 aromatic carbocycles. The molecule has 31 heavy (non-hydrogen) atoms. The minimum absolute atomic E-state index is 0.132. The standard InChI is InChI=1S/C23H20F2N4O2/c1-26-21-11-23(24,25)14-29(21)22(31)8-7-20(30)16-9-10-27-12-17(16)18-13-28(2)19-6-4-3-5-15(18)19/h3-6,9-10,12-13,21H,7-8,11,14H2,2H3/t21-/m0/s1. The van der Waals surface area contributed by atoms with Gasteiger partial charge in [0, 0.05) is 66.1 Å². The average Bonchev–Trinajstić information content (AvgIpc) is 3.28. The van der Waals surface area contributed by atoms with Gasteiger partial charge in [0.1, 0.15) is 6.42 Å². The van der Waals surface area contributed by atoms with Gasteiger partial charge in [0.2, 0.25) is 5.91 Å². The number of ketones is 1. The number of rotatable bonds is 5. The summed E-state index contributed by atoms with van der Waals surface area (Å²) < 4.78 is 29.2. The van der Waals surface area contributed by atoms with E-state index in [-0.39, 0.29) is 18.6 Å². The van der Waals surface area contributed by atoms with Crippen LogP contribution in [-0.4, -0.2) is 44.8 Å². The number of aryl methyl sites for hydroxylation is 1. The molecule has 8 heteroatoms. The predicted molar refractivity (Wildman–Crippen MR) is 111 cm³/mol. The molecule has 1 aliphatic heterocycles. The van der Waals surface area contributed by atoms with Crippen molar-refractivity contribution in [2.45, 2.75) is 31.4 Å². The minimum atomic E-state index is -3.07. The summed E-state index contributed by atoms with van der Waals surface area (Å²) in [7, 11) is 1.92. The summed E-state index contributed by atoms with van der Waals surface area (Å²) in [6.45, 7) is 6.29. The van der Waals surface area contributed by atoms with Gasteiger partial charge in [0.25, 0.3) is 5.92 Å². The second-order valence-electron chi connectivity index (χ2n) is 7.71. The Balaban J connectivity index is 1.56. The van der Waals surface area contributed by atoms with Gasteiger partial charge >= 0.3 is 6.17 Å². The van der Waals surface area contributed by atoms with Gasteiger partial charge in [-0.3, -0.25) is 24.3 Å². The maximum absolute atomic E-state index is 13.6. The van der Waals surface area contributed by atoms with Crippen molar-refractivity contribution in [2.75, 3.05) is 6.54 Å². The van der Waals surface area contributed by atoms with Crippen LogP contribution in [0.15, 0.2) is 48.9 Å². The number of carbonyl (C=O) groups excluding carboxylic acids is 2. The normalized spacial score (nSPS) is 17.6. The lowest BCUT2D eigenvalue weighted by atomic mass is 9.97. The highest BCUT2D eigenvalue weighted by molar-refractivity contribution is 6.07. The molecule has 1 atom stereocenters. The van der Waals surface area contributed by atoms with Crippen molar-refractivity contribution >= 4 is 22.6 Å². The molecule has 0 unspecified atom stereocenters. The zero-order chi connectivity index (χ0) is 22.2. The summed E-state index contributed by atoms with van der Waals surface area (Å²) in [6.07, 6.45) is 2.87. The summed E-state index contributed by atoms with van der Waals surface area (Å²) >= 11 is 0. The second kappa shape index (κ2) is 7.91. The Hall–Kier alpha value is -3.60. The first-order valence-corrected chi connectivity index (χ1v) is 9.86. The monoisotopic (exact) mass is 422 g/mol. The number of alkyl halides is 2. The van der Waals surface area contributed by atoms with E-state index in [1.54, 1.807) is 12.3 Å². The lowest BCUT2D eigenvalue weighted by Gasteiger charge is -2.16. The zero-order valence-electron chi connectivity index (χ0n) is 16.9. The van der Waals surface area contributed by atoms with Crippen LogP contribution in [0.5, 0.6) is 0 Å². The van der Waals surface area contributed by atoms with Gasteiger partial charge in [-0.1, -0.05) is 18.2 Å². The van der Waals surface area contributed by atoms with Crippen molar-refractivity contribution < 1.29 is 18.4 Å². The summed E-state index contributed by atoms with van der Waals surface area (Å²) in [4.78, 5) is 33.6. The highest BCUT2D eigenvalue weighted by Gasteiger charge is 2.50. The third kappa shape index (κ3) is 3.91. The van der Waals surface area contributed by atoms with E-state index in [2.05, 4.69) is 9.83 Å². The SMILES string of the molecule is [C-]#[N+][C@@H]1CC(F)(F)CN1C(=O)CCC(=O)c1ccncc1-c1cn(C)c2ccccc12. The van der Waals surface area contributed by atoms with E-state index in [1.807, 2.05) is 42.1 Å². The number of fused-ring (bicyclic) bond motifs is 1. The number of pyridine rings is 1. The van der Waals surface area contributed by atoms with E-state index in [0.29, 0.717) is 11.1 Å². The molecule has 0 saturated carbocycles. The molecule has 1 aliphatic rings. The van der Waals surface area contributed by atoms with E-state index in [4.69, 9.17) is 6.57 Å². The van der Waals surface area contributed by atoms with Gasteiger partial charge in [-0.2, -0.15) is 0 Å². The fraction of sp³-hybridized carbons (Fsp3) is 0.304. The molecule has 1 saturated heterocycles. The molecule has 3 aromatic rings. The Kier molecular flexibility index (Phi) is 5.27. The van der Waals surface area contributed by atoms with Gasteiger partial charge in [-0.15, -0.1) is 0 Å². The highest BCUT2D eigenvalue weighted by atomic mass is 19.3. The number of halogens is 2. The number of amides is 1. The van der Waals surface area contributed by atoms with Gasteiger partial charge in [-0.05, 0) is 12.1 Å². The molecule has 0 aliphatic carbocycles. The van der Waals surface area contributed by atoms with E-state index in [9.17, 15) is 18.4 Å². The number of para-hydroxylation sites is 1. The molecule has 0 bridgehead atoms. The van der Waals surface area contributed by atoms with Crippen LogP contribution >= 0.6 is 0 Å². The maximum atomic E-state index is 13.6. The maximum Gasteiger partial charge on any atom is 0.306 e. The van der Waals surface area contributed by atoms with Crippen molar-refractivity contribution in [3.8, 4) is 11.1 Å². The zero-order valence-corrected chi connectivity index (χ0v) is 16.9. The Morgan fingerprint density at radius 3 is 2.77 bits per heavy atom. The van der Waals surface area contributed by atoms with Crippen molar-refractivity contribution in [1.29, 1.82) is 0 Å². The molecule has 3 heterocycles. The van der Waals surface area contributed by atoms with E-state index >= 15 is 0 Å². The van der Waals surface area contributed by atoms with Crippen molar-refractivity contribution in [3.63, 3.8) is 0 Å². The number of likely N-dealkylation sites (tertiary alicyclic amines) is 1. The third-order valence-electron chi connectivity index (χ3n) is 5.59. The largest absolute Gasteiger partial charge is 0.350 e. The van der Waals surface area contributed by atoms with Crippen molar-refractivity contribution in [2.24, 2.45) is 7.05 Å². The van der Waals surface area contributed by atoms with Crippen molar-refractivity contribution in [1.82, 2.24) is 14.5 Å². The molecule has 1 amide bonds. The first kappa shape index (κ1) is 20.7. The van der Waals surface area contributed by atoms with Gasteiger partial charge in [0.15, 0.2) is 5.78 Å². The molecule has 0 N–H and O–H groups in total. The molecule has 4 rings (SSSR count). The fourth-order valence-electron chi connectivity index (χ4n) is 4.07. The second-order valence-corrected chi connectivity index (χ2v) is 7.71. The number of benzene rings is 1. The topological polar surface area (TPSA) is 59.6 Å². The van der Waals surface area contributed by atoms with Gasteiger partial charge < -0.3 is 4.57 Å². The molecule has 158 valence electrons. The van der Waals surface area contributed by atoms with Crippen LogP contribution in [0.4, 0.5) is 8.78 Å². The number of aromatic nitrogens is 2. The van der Waals surface area contributed by atoms with Crippen LogP contribution in [0.2, 0.25) is 0 Å². The van der Waals surface area contributed by atoms with Crippen LogP contribution in [0, 0.1) is 6.57 Å². The summed E-state index contributed by atoms with van der Waals surface area (Å²) in [6, 6.07) is 9.41. The van der Waals surface area contributed by atoms with E-state index < -0.39 is 31.0 Å². The number of carbonyl (C=O) groups is 2. The van der Waals surface area contributed by atoms with Crippen molar-refractivity contribution in [3.05, 3.63) is 65.9 Å². The summed E-state index contributed by atoms with van der Waals surface area (Å²) in [5, 5.41) is 0.974. The smallest absolute Gasteiger partial charge is 0.306 e.